The fourth-order valence-corrected chi connectivity index (χ4v) is 6.39. The summed E-state index contributed by atoms with van der Waals surface area (Å²) in [7, 11) is 0. The van der Waals surface area contributed by atoms with E-state index in [1.54, 1.807) is 39.8 Å². The Morgan fingerprint density at radius 1 is 0.828 bits per heavy atom. The molecule has 0 unspecified atom stereocenters. The molecule has 58 heavy (non-hydrogen) atoms. The van der Waals surface area contributed by atoms with Crippen molar-refractivity contribution >= 4 is 47.3 Å². The van der Waals surface area contributed by atoms with Gasteiger partial charge < -0.3 is 53.6 Å². The Kier molecular flexibility index (Phi) is 15.5. The number of phenols is 1. The molecule has 1 aliphatic rings. The van der Waals surface area contributed by atoms with E-state index in [2.05, 4.69) is 31.9 Å². The van der Waals surface area contributed by atoms with E-state index in [0.717, 1.165) is 5.56 Å². The largest absolute Gasteiger partial charge is 0.508 e. The van der Waals surface area contributed by atoms with Gasteiger partial charge in [0.15, 0.2) is 0 Å². The zero-order valence-electron chi connectivity index (χ0n) is 35.3. The van der Waals surface area contributed by atoms with Crippen molar-refractivity contribution < 1.29 is 51.3 Å². The van der Waals surface area contributed by atoms with Gasteiger partial charge in [0.2, 0.25) is 41.4 Å². The van der Waals surface area contributed by atoms with Gasteiger partial charge in [0.05, 0.1) is 21.7 Å². The normalized spacial score (nSPS) is 18.3. The molecule has 2 aromatic rings. The Balaban J connectivity index is 1.84. The zero-order chi connectivity index (χ0) is 45.1. The molecule has 0 saturated carbocycles. The number of carbonyl (C=O) groups is 8. The molecule has 0 fully saturated rings. The van der Waals surface area contributed by atoms with Crippen LogP contribution in [0.15, 0.2) is 48.5 Å². The van der Waals surface area contributed by atoms with Crippen LogP contribution in [0.25, 0.3) is 0 Å². The SMILES string of the molecule is [3H]c1cc(C[C@H](N)C(=O)N[C@H](C)C(=O)N[C@@]2(C(=O)N[C@@H](CC(=O)O)C(=O)N[C@H](C(=O)N[C@H](C(=O)NCC(N)=O)[C@@H](C)CC)C(C)C)CCc3ccccc3C2)cc([3H])c1O. The fourth-order valence-electron chi connectivity index (χ4n) is 6.39. The summed E-state index contributed by atoms with van der Waals surface area (Å²) in [5.74, 6) is -8.77. The van der Waals surface area contributed by atoms with Crippen LogP contribution in [0.1, 0.15) is 73.3 Å². The van der Waals surface area contributed by atoms with Crippen molar-refractivity contribution in [1.29, 1.82) is 0 Å². The number of benzene rings is 2. The Labute approximate surface area is 339 Å². The van der Waals surface area contributed by atoms with E-state index in [0.29, 0.717) is 24.0 Å². The second kappa shape index (κ2) is 20.9. The number of aliphatic carboxylic acids is 1. The number of carboxylic acids is 1. The highest BCUT2D eigenvalue weighted by Gasteiger charge is 2.45. The maximum Gasteiger partial charge on any atom is 0.305 e. The fraction of sp³-hybridized carbons (Fsp3) is 0.500. The molecule has 0 spiro atoms. The standard InChI is InChI=1S/C40H56N8O10/c1-6-22(4)33(37(56)43-20-30(42)50)47-38(57)32(21(2)3)46-36(55)29(18-31(51)52)45-39(58)40(16-15-25-9-7-8-10-26(25)19-40)48-34(53)23(5)44-35(54)28(41)17-24-11-13-27(49)14-12-24/h7-14,21-23,28-29,32-33,49H,6,15-20,41H2,1-5H3,(H2,42,50)(H,43,56)(H,44,54)(H,45,58)(H,46,55)(H,47,57)(H,48,53)(H,51,52)/t22-,23+,28-,29-,32-,33-,40-/m0/s1/i13T,14T. The monoisotopic (exact) mass is 812 g/mol. The van der Waals surface area contributed by atoms with Crippen LogP contribution in [0.5, 0.6) is 5.75 Å². The van der Waals surface area contributed by atoms with Crippen LogP contribution < -0.4 is 43.4 Å². The Morgan fingerprint density at radius 3 is 2.03 bits per heavy atom. The Hall–Kier alpha value is -6.04. The summed E-state index contributed by atoms with van der Waals surface area (Å²) >= 11 is 0. The third kappa shape index (κ3) is 13.0. The molecule has 316 valence electrons. The number of hydrogen-bond donors (Lipinski definition) is 10. The van der Waals surface area contributed by atoms with Crippen LogP contribution in [0.2, 0.25) is 0 Å². The van der Waals surface area contributed by atoms with E-state index in [1.165, 1.54) is 19.1 Å². The minimum absolute atomic E-state index is 0.0147. The summed E-state index contributed by atoms with van der Waals surface area (Å²) in [4.78, 5) is 105. The first kappa shape index (κ1) is 43.1. The van der Waals surface area contributed by atoms with E-state index in [4.69, 9.17) is 14.2 Å². The van der Waals surface area contributed by atoms with Crippen molar-refractivity contribution in [3.8, 4) is 5.75 Å². The molecule has 0 bridgehead atoms. The van der Waals surface area contributed by atoms with Crippen LogP contribution in [0.4, 0.5) is 0 Å². The lowest BCUT2D eigenvalue weighted by Crippen LogP contribution is -2.67. The van der Waals surface area contributed by atoms with E-state index >= 15 is 0 Å². The van der Waals surface area contributed by atoms with Gasteiger partial charge >= 0.3 is 5.97 Å². The highest BCUT2D eigenvalue weighted by Crippen LogP contribution is 2.30. The average molecular weight is 813 g/mol. The summed E-state index contributed by atoms with van der Waals surface area (Å²) in [6, 6.07) is 2.38. The quantitative estimate of drug-likeness (QED) is 0.0777. The number of aryl methyl sites for hydroxylation is 1. The third-order valence-electron chi connectivity index (χ3n) is 10.0. The van der Waals surface area contributed by atoms with Crippen molar-refractivity contribution in [2.45, 2.75) is 109 Å². The summed E-state index contributed by atoms with van der Waals surface area (Å²) in [6.07, 6.45) is -0.345. The molecule has 18 heteroatoms. The van der Waals surface area contributed by atoms with Crippen molar-refractivity contribution in [2.24, 2.45) is 23.3 Å². The molecule has 0 saturated heterocycles. The molecule has 0 aliphatic heterocycles. The summed E-state index contributed by atoms with van der Waals surface area (Å²) in [5.41, 5.74) is 11.4. The highest BCUT2D eigenvalue weighted by molar-refractivity contribution is 5.99. The summed E-state index contributed by atoms with van der Waals surface area (Å²) in [5, 5.41) is 34.7. The van der Waals surface area contributed by atoms with Gasteiger partial charge in [0, 0.05) is 6.42 Å². The second-order valence-corrected chi connectivity index (χ2v) is 15.0. The Morgan fingerprint density at radius 2 is 1.45 bits per heavy atom. The molecule has 2 aromatic carbocycles. The topological polar surface area (TPSA) is 301 Å². The van der Waals surface area contributed by atoms with Gasteiger partial charge in [0.25, 0.3) is 0 Å². The van der Waals surface area contributed by atoms with Gasteiger partial charge in [0.1, 0.15) is 35.5 Å². The van der Waals surface area contributed by atoms with E-state index in [9.17, 15) is 48.6 Å². The van der Waals surface area contributed by atoms with Crippen molar-refractivity contribution in [2.75, 3.05) is 6.54 Å². The first-order valence-electron chi connectivity index (χ1n) is 20.0. The predicted molar refractivity (Wildman–Crippen MR) is 211 cm³/mol. The highest BCUT2D eigenvalue weighted by atomic mass is 16.4. The Bertz CT molecular complexity index is 1940. The minimum atomic E-state index is -1.75. The zero-order valence-corrected chi connectivity index (χ0v) is 33.3. The van der Waals surface area contributed by atoms with Crippen LogP contribution >= 0.6 is 0 Å². The average Bonchev–Trinajstić information content (AvgIpc) is 3.18. The molecule has 18 nitrogen and oxygen atoms in total. The number of rotatable bonds is 20. The number of fused-ring (bicyclic) bond motifs is 1. The molecule has 1 aliphatic carbocycles. The lowest BCUT2D eigenvalue weighted by Gasteiger charge is -2.39. The molecule has 12 N–H and O–H groups in total. The number of phenolic OH excluding ortho intramolecular Hbond substituents is 1. The summed E-state index contributed by atoms with van der Waals surface area (Å²) in [6.45, 7) is 7.57. The van der Waals surface area contributed by atoms with Crippen molar-refractivity contribution in [1.82, 2.24) is 31.9 Å². The molecule has 0 heterocycles. The smallest absolute Gasteiger partial charge is 0.305 e. The molecule has 7 amide bonds. The number of carboxylic acid groups (broad SMARTS) is 1. The number of hydrogen-bond acceptors (Lipinski definition) is 10. The van der Waals surface area contributed by atoms with Gasteiger partial charge in [-0.15, -0.1) is 0 Å². The molecular formula is C40H56N8O10. The van der Waals surface area contributed by atoms with Crippen molar-refractivity contribution in [3.63, 3.8) is 0 Å². The van der Waals surface area contributed by atoms with E-state index in [1.807, 2.05) is 12.1 Å². The minimum Gasteiger partial charge on any atom is -0.508 e. The van der Waals surface area contributed by atoms with Gasteiger partial charge in [-0.05, 0) is 66.8 Å². The number of amides is 7. The third-order valence-corrected chi connectivity index (χ3v) is 10.0. The molecule has 3 rings (SSSR count). The first-order chi connectivity index (χ1) is 28.1. The number of aromatic hydroxyl groups is 1. The van der Waals surface area contributed by atoms with Crippen LogP contribution in [0.3, 0.4) is 0 Å². The predicted octanol–water partition coefficient (Wildman–Crippen LogP) is -0.957. The maximum absolute atomic E-state index is 14.4. The van der Waals surface area contributed by atoms with Crippen molar-refractivity contribution in [3.05, 3.63) is 65.2 Å². The number of nitrogens with two attached hydrogens (primary N) is 2. The van der Waals surface area contributed by atoms with Crippen LogP contribution in [-0.2, 0) is 57.6 Å². The maximum atomic E-state index is 14.4. The molecule has 7 atom stereocenters. The lowest BCUT2D eigenvalue weighted by molar-refractivity contribution is -0.143. The molecule has 0 aromatic heterocycles. The molecular weight excluding hydrogens is 752 g/mol. The van der Waals surface area contributed by atoms with Crippen LogP contribution in [-0.4, -0.2) is 99.8 Å². The number of primary amides is 1. The lowest BCUT2D eigenvalue weighted by atomic mass is 9.77. The van der Waals surface area contributed by atoms with Gasteiger partial charge in [-0.2, -0.15) is 0 Å². The summed E-state index contributed by atoms with van der Waals surface area (Å²) < 4.78 is 15.6. The molecule has 0 radical (unpaired) electrons. The van der Waals surface area contributed by atoms with Gasteiger partial charge in [-0.1, -0.05) is 70.5 Å². The van der Waals surface area contributed by atoms with Gasteiger partial charge in [-0.3, -0.25) is 38.4 Å². The number of nitrogens with one attached hydrogen (secondary N) is 6. The first-order valence-corrected chi connectivity index (χ1v) is 19.0. The van der Waals surface area contributed by atoms with Crippen LogP contribution in [0, 0.1) is 11.8 Å². The number of carbonyl (C=O) groups excluding carboxylic acids is 7. The van der Waals surface area contributed by atoms with E-state index < -0.39 is 114 Å². The second-order valence-electron chi connectivity index (χ2n) is 15.0. The van der Waals surface area contributed by atoms with Gasteiger partial charge in [-0.25, -0.2) is 0 Å². The van der Waals surface area contributed by atoms with E-state index in [-0.39, 0.29) is 31.3 Å².